The van der Waals surface area contributed by atoms with E-state index in [-0.39, 0.29) is 17.9 Å². The fourth-order valence-electron chi connectivity index (χ4n) is 3.27. The predicted molar refractivity (Wildman–Crippen MR) is 80.2 cm³/mol. The van der Waals surface area contributed by atoms with Crippen LogP contribution < -0.4 is 15.4 Å². The molecule has 2 atom stereocenters. The third-order valence-corrected chi connectivity index (χ3v) is 4.27. The van der Waals surface area contributed by atoms with Crippen molar-refractivity contribution in [1.29, 1.82) is 0 Å². The molecule has 1 heterocycles. The summed E-state index contributed by atoms with van der Waals surface area (Å²) in [6, 6.07) is 6.15. The molecular weight excluding hydrogens is 252 g/mol. The van der Waals surface area contributed by atoms with Crippen LogP contribution in [0.2, 0.25) is 0 Å². The van der Waals surface area contributed by atoms with Gasteiger partial charge in [-0.2, -0.15) is 0 Å². The van der Waals surface area contributed by atoms with Crippen LogP contribution in [0.25, 0.3) is 0 Å². The predicted octanol–water partition coefficient (Wildman–Crippen LogP) is 3.40. The number of carbonyl (C=O) groups excluding carboxylic acids is 1. The third-order valence-electron chi connectivity index (χ3n) is 4.27. The van der Waals surface area contributed by atoms with Gasteiger partial charge in [-0.1, -0.05) is 25.3 Å². The Balaban J connectivity index is 1.95. The Morgan fingerprint density at radius 1 is 1.25 bits per heavy atom. The van der Waals surface area contributed by atoms with Crippen LogP contribution in [0.15, 0.2) is 18.2 Å². The van der Waals surface area contributed by atoms with Crippen LogP contribution in [-0.2, 0) is 4.79 Å². The lowest BCUT2D eigenvalue weighted by Crippen LogP contribution is -2.34. The maximum absolute atomic E-state index is 12.5. The number of fused-ring (bicyclic) bond motifs is 2. The minimum absolute atomic E-state index is 0.0689. The van der Waals surface area contributed by atoms with Gasteiger partial charge in [0.2, 0.25) is 5.91 Å². The summed E-state index contributed by atoms with van der Waals surface area (Å²) < 4.78 is 5.63. The van der Waals surface area contributed by atoms with Gasteiger partial charge in [-0.25, -0.2) is 0 Å². The van der Waals surface area contributed by atoms with Crippen molar-refractivity contribution < 1.29 is 9.53 Å². The minimum Gasteiger partial charge on any atom is -0.492 e. The van der Waals surface area contributed by atoms with Gasteiger partial charge in [0.1, 0.15) is 11.4 Å². The smallest absolute Gasteiger partial charge is 0.229 e. The molecule has 0 saturated heterocycles. The van der Waals surface area contributed by atoms with E-state index in [0.29, 0.717) is 6.61 Å². The van der Waals surface area contributed by atoms with Gasteiger partial charge < -0.3 is 15.4 Å². The van der Waals surface area contributed by atoms with E-state index < -0.39 is 0 Å². The van der Waals surface area contributed by atoms with Crippen LogP contribution >= 0.6 is 0 Å². The lowest BCUT2D eigenvalue weighted by molar-refractivity contribution is -0.120. The number of nitrogens with one attached hydrogen (secondary N) is 2. The molecule has 2 N–H and O–H groups in total. The highest BCUT2D eigenvalue weighted by Gasteiger charge is 2.33. The monoisotopic (exact) mass is 274 g/mol. The summed E-state index contributed by atoms with van der Waals surface area (Å²) in [6.07, 6.45) is 5.61. The number of anilines is 2. The van der Waals surface area contributed by atoms with Crippen molar-refractivity contribution in [2.24, 2.45) is 5.92 Å². The van der Waals surface area contributed by atoms with E-state index in [2.05, 4.69) is 10.6 Å². The molecule has 4 heteroatoms. The van der Waals surface area contributed by atoms with Gasteiger partial charge in [0.15, 0.2) is 0 Å². The second kappa shape index (κ2) is 5.73. The number of rotatable bonds is 2. The zero-order valence-electron chi connectivity index (χ0n) is 11.9. The Bertz CT molecular complexity index is 501. The van der Waals surface area contributed by atoms with Crippen LogP contribution in [0.5, 0.6) is 5.75 Å². The van der Waals surface area contributed by atoms with Crippen molar-refractivity contribution in [3.8, 4) is 5.75 Å². The van der Waals surface area contributed by atoms with E-state index in [1.807, 2.05) is 25.1 Å². The molecule has 0 spiro atoms. The van der Waals surface area contributed by atoms with E-state index in [0.717, 1.165) is 36.4 Å². The molecule has 4 nitrogen and oxygen atoms in total. The minimum atomic E-state index is 0.0689. The highest BCUT2D eigenvalue weighted by Crippen LogP contribution is 2.38. The van der Waals surface area contributed by atoms with Crippen molar-refractivity contribution in [2.75, 3.05) is 17.2 Å². The summed E-state index contributed by atoms with van der Waals surface area (Å²) in [5.74, 6) is 0.956. The van der Waals surface area contributed by atoms with E-state index in [9.17, 15) is 4.79 Å². The van der Waals surface area contributed by atoms with Gasteiger partial charge in [0.25, 0.3) is 0 Å². The first-order chi connectivity index (χ1) is 9.79. The summed E-state index contributed by atoms with van der Waals surface area (Å²) in [4.78, 5) is 12.5. The topological polar surface area (TPSA) is 50.4 Å². The fourth-order valence-corrected chi connectivity index (χ4v) is 3.27. The molecule has 0 aromatic heterocycles. The van der Waals surface area contributed by atoms with E-state index in [4.69, 9.17) is 4.74 Å². The quantitative estimate of drug-likeness (QED) is 0.869. The van der Waals surface area contributed by atoms with Crippen LogP contribution in [0.1, 0.15) is 39.0 Å². The number of ether oxygens (including phenoxy) is 1. The Morgan fingerprint density at radius 2 is 2.10 bits per heavy atom. The normalized spacial score (nSPS) is 25.4. The second-order valence-corrected chi connectivity index (χ2v) is 5.60. The van der Waals surface area contributed by atoms with Crippen LogP contribution in [0, 0.1) is 5.92 Å². The van der Waals surface area contributed by atoms with Gasteiger partial charge in [0.05, 0.1) is 18.2 Å². The zero-order chi connectivity index (χ0) is 13.9. The molecule has 1 saturated carbocycles. The molecule has 1 fully saturated rings. The molecule has 1 aromatic rings. The van der Waals surface area contributed by atoms with Crippen molar-refractivity contribution in [2.45, 2.75) is 45.1 Å². The number of benzene rings is 1. The summed E-state index contributed by atoms with van der Waals surface area (Å²) in [5.41, 5.74) is 1.78. The fraction of sp³-hybridized carbons (Fsp3) is 0.562. The van der Waals surface area contributed by atoms with Gasteiger partial charge in [0, 0.05) is 6.04 Å². The number of hydrogen-bond acceptors (Lipinski definition) is 3. The molecule has 2 unspecified atom stereocenters. The maximum Gasteiger partial charge on any atom is 0.229 e. The van der Waals surface area contributed by atoms with Crippen LogP contribution in [0.3, 0.4) is 0 Å². The molecule has 0 bridgehead atoms. The number of carbonyl (C=O) groups is 1. The Labute approximate surface area is 119 Å². The number of amides is 1. The molecule has 3 rings (SSSR count). The van der Waals surface area contributed by atoms with E-state index in [1.165, 1.54) is 12.8 Å². The van der Waals surface area contributed by atoms with Gasteiger partial charge in [-0.15, -0.1) is 0 Å². The molecule has 1 amide bonds. The highest BCUT2D eigenvalue weighted by molar-refractivity contribution is 5.99. The Kier molecular flexibility index (Phi) is 3.81. The molecule has 1 aliphatic heterocycles. The summed E-state index contributed by atoms with van der Waals surface area (Å²) in [6.45, 7) is 2.55. The molecule has 1 aromatic carbocycles. The van der Waals surface area contributed by atoms with Gasteiger partial charge in [-0.05, 0) is 31.9 Å². The zero-order valence-corrected chi connectivity index (χ0v) is 11.9. The molecule has 2 aliphatic rings. The van der Waals surface area contributed by atoms with Crippen LogP contribution in [0.4, 0.5) is 11.4 Å². The standard InChI is InChI=1S/C16H22N2O2/c1-2-20-14-10-6-9-13-15(14)18-16(19)11-7-4-3-5-8-12(11)17-13/h6,9-12,17H,2-5,7-8H2,1H3,(H,18,19). The van der Waals surface area contributed by atoms with Crippen molar-refractivity contribution >= 4 is 17.3 Å². The second-order valence-electron chi connectivity index (χ2n) is 5.60. The van der Waals surface area contributed by atoms with Gasteiger partial charge in [-0.3, -0.25) is 4.79 Å². The van der Waals surface area contributed by atoms with Crippen molar-refractivity contribution in [3.63, 3.8) is 0 Å². The first kappa shape index (κ1) is 13.3. The molecule has 0 radical (unpaired) electrons. The first-order valence-electron chi connectivity index (χ1n) is 7.63. The third kappa shape index (κ3) is 2.47. The Morgan fingerprint density at radius 3 is 2.95 bits per heavy atom. The average Bonchev–Trinajstić information content (AvgIpc) is 2.73. The summed E-state index contributed by atoms with van der Waals surface area (Å²) in [5, 5.41) is 6.64. The largest absolute Gasteiger partial charge is 0.492 e. The van der Waals surface area contributed by atoms with Gasteiger partial charge >= 0.3 is 0 Å². The Hall–Kier alpha value is -1.71. The molecule has 108 valence electrons. The van der Waals surface area contributed by atoms with E-state index >= 15 is 0 Å². The lowest BCUT2D eigenvalue weighted by atomic mass is 9.94. The number of hydrogen-bond donors (Lipinski definition) is 2. The molecule has 1 aliphatic carbocycles. The SMILES string of the molecule is CCOc1cccc2c1NC(=O)C1CCCCCC1N2. The van der Waals surface area contributed by atoms with Crippen LogP contribution in [-0.4, -0.2) is 18.6 Å². The van der Waals surface area contributed by atoms with Crippen molar-refractivity contribution in [1.82, 2.24) is 0 Å². The molecular formula is C16H22N2O2. The maximum atomic E-state index is 12.5. The van der Waals surface area contributed by atoms with E-state index in [1.54, 1.807) is 0 Å². The summed E-state index contributed by atoms with van der Waals surface area (Å²) in [7, 11) is 0. The first-order valence-corrected chi connectivity index (χ1v) is 7.63. The number of para-hydroxylation sites is 1. The molecule has 20 heavy (non-hydrogen) atoms. The summed E-state index contributed by atoms with van der Waals surface area (Å²) >= 11 is 0. The average molecular weight is 274 g/mol. The highest BCUT2D eigenvalue weighted by atomic mass is 16.5. The lowest BCUT2D eigenvalue weighted by Gasteiger charge is -2.22. The van der Waals surface area contributed by atoms with Crippen molar-refractivity contribution in [3.05, 3.63) is 18.2 Å².